The molecule has 0 bridgehead atoms. The Morgan fingerprint density at radius 1 is 1.13 bits per heavy atom. The molecule has 0 saturated carbocycles. The van der Waals surface area contributed by atoms with Crippen molar-refractivity contribution in [2.45, 2.75) is 20.0 Å². The zero-order valence-corrected chi connectivity index (χ0v) is 9.95. The van der Waals surface area contributed by atoms with Gasteiger partial charge in [0.25, 0.3) is 0 Å². The van der Waals surface area contributed by atoms with E-state index < -0.39 is 0 Å². The molecule has 0 amide bonds. The molecule has 0 aliphatic heterocycles. The van der Waals surface area contributed by atoms with E-state index in [1.54, 1.807) is 0 Å². The van der Waals surface area contributed by atoms with Gasteiger partial charge in [-0.15, -0.1) is 0 Å². The molecule has 2 aromatic rings. The topological polar surface area (TPSA) is 9.23 Å². The van der Waals surface area contributed by atoms with Crippen LogP contribution in [0.2, 0.25) is 0 Å². The first kappa shape index (κ1) is 10.4. The summed E-state index contributed by atoms with van der Waals surface area (Å²) in [6.07, 6.45) is 0.0627. The van der Waals surface area contributed by atoms with Gasteiger partial charge in [0.15, 0.2) is 0 Å². The quantitative estimate of drug-likeness (QED) is 0.695. The molecule has 1 atom stereocenters. The summed E-state index contributed by atoms with van der Waals surface area (Å²) in [7, 11) is 3.12. The van der Waals surface area contributed by atoms with Crippen molar-refractivity contribution in [2.24, 2.45) is 0 Å². The Morgan fingerprint density at radius 2 is 1.87 bits per heavy atom. The minimum atomic E-state index is 0.0627. The fraction of sp³-hybridized carbons (Fsp3) is 0.231. The fourth-order valence-corrected chi connectivity index (χ4v) is 2.12. The number of hydrogen-bond donors (Lipinski definition) is 0. The average Bonchev–Trinajstić information content (AvgIpc) is 2.28. The van der Waals surface area contributed by atoms with E-state index in [-0.39, 0.29) is 6.10 Å². The lowest BCUT2D eigenvalue weighted by Gasteiger charge is -2.16. The Kier molecular flexibility index (Phi) is 2.89. The van der Waals surface area contributed by atoms with Crippen LogP contribution in [0.4, 0.5) is 0 Å². The van der Waals surface area contributed by atoms with Gasteiger partial charge in [-0.3, -0.25) is 0 Å². The third-order valence-corrected chi connectivity index (χ3v) is 3.13. The van der Waals surface area contributed by atoms with E-state index in [9.17, 15) is 0 Å². The molecule has 3 radical (unpaired) electrons. The highest BCUT2D eigenvalue weighted by Crippen LogP contribution is 2.28. The third-order valence-electron chi connectivity index (χ3n) is 2.77. The maximum Gasteiger partial charge on any atom is 0.247 e. The van der Waals surface area contributed by atoms with Gasteiger partial charge in [-0.1, -0.05) is 36.4 Å². The van der Waals surface area contributed by atoms with Crippen molar-refractivity contribution in [1.29, 1.82) is 0 Å². The summed E-state index contributed by atoms with van der Waals surface area (Å²) < 4.78 is 5.23. The van der Waals surface area contributed by atoms with Crippen LogP contribution in [0.3, 0.4) is 0 Å². The first-order valence-electron chi connectivity index (χ1n) is 5.04. The minimum absolute atomic E-state index is 0.0627. The fourth-order valence-electron chi connectivity index (χ4n) is 2.00. The van der Waals surface area contributed by atoms with Crippen molar-refractivity contribution < 1.29 is 4.43 Å². The molecule has 2 heteroatoms. The molecule has 0 fully saturated rings. The SMILES string of the molecule is Cc1ccc2ccccc2c1C(C)O[Si]. The zero-order valence-electron chi connectivity index (χ0n) is 8.95. The van der Waals surface area contributed by atoms with Gasteiger partial charge in [-0.05, 0) is 35.7 Å². The van der Waals surface area contributed by atoms with Crippen LogP contribution >= 0.6 is 0 Å². The Bertz CT molecular complexity index is 479. The molecule has 0 aliphatic rings. The van der Waals surface area contributed by atoms with E-state index >= 15 is 0 Å². The Labute approximate surface area is 93.6 Å². The highest BCUT2D eigenvalue weighted by molar-refractivity contribution is 5.98. The van der Waals surface area contributed by atoms with Crippen LogP contribution in [0.1, 0.15) is 24.2 Å². The van der Waals surface area contributed by atoms with Crippen LogP contribution < -0.4 is 0 Å². The minimum Gasteiger partial charge on any atom is -0.412 e. The molecule has 75 valence electrons. The lowest BCUT2D eigenvalue weighted by molar-refractivity contribution is 0.251. The lowest BCUT2D eigenvalue weighted by Crippen LogP contribution is -2.00. The van der Waals surface area contributed by atoms with Crippen LogP contribution in [0.5, 0.6) is 0 Å². The van der Waals surface area contributed by atoms with Crippen LogP contribution in [0.25, 0.3) is 10.8 Å². The van der Waals surface area contributed by atoms with Gasteiger partial charge in [0.2, 0.25) is 10.5 Å². The molecule has 0 aromatic heterocycles. The van der Waals surface area contributed by atoms with E-state index in [1.807, 2.05) is 6.92 Å². The molecule has 2 aromatic carbocycles. The molecule has 0 N–H and O–H groups in total. The summed E-state index contributed by atoms with van der Waals surface area (Å²) >= 11 is 0. The number of fused-ring (bicyclic) bond motifs is 1. The van der Waals surface area contributed by atoms with Gasteiger partial charge in [0.05, 0.1) is 6.10 Å². The van der Waals surface area contributed by atoms with Gasteiger partial charge in [0, 0.05) is 0 Å². The smallest absolute Gasteiger partial charge is 0.247 e. The maximum absolute atomic E-state index is 5.23. The summed E-state index contributed by atoms with van der Waals surface area (Å²) in [6, 6.07) is 12.7. The van der Waals surface area contributed by atoms with Crippen molar-refractivity contribution in [3.63, 3.8) is 0 Å². The Hall–Kier alpha value is -1.12. The molecular formula is C13H13OSi. The third kappa shape index (κ3) is 1.83. The van der Waals surface area contributed by atoms with Crippen LogP contribution in [-0.4, -0.2) is 10.5 Å². The van der Waals surface area contributed by atoms with Crippen molar-refractivity contribution in [3.05, 3.63) is 47.5 Å². The molecule has 2 rings (SSSR count). The summed E-state index contributed by atoms with van der Waals surface area (Å²) in [6.45, 7) is 4.16. The first-order valence-corrected chi connectivity index (χ1v) is 5.45. The van der Waals surface area contributed by atoms with Gasteiger partial charge in [-0.2, -0.15) is 0 Å². The average molecular weight is 213 g/mol. The van der Waals surface area contributed by atoms with Gasteiger partial charge >= 0.3 is 0 Å². The lowest BCUT2D eigenvalue weighted by atomic mass is 9.96. The number of benzene rings is 2. The number of aryl methyl sites for hydroxylation is 1. The van der Waals surface area contributed by atoms with E-state index in [0.717, 1.165) is 0 Å². The summed E-state index contributed by atoms with van der Waals surface area (Å²) in [5.41, 5.74) is 2.52. The number of rotatable bonds is 2. The molecule has 1 unspecified atom stereocenters. The molecular weight excluding hydrogens is 200 g/mol. The molecule has 15 heavy (non-hydrogen) atoms. The van der Waals surface area contributed by atoms with Crippen molar-refractivity contribution in [3.8, 4) is 0 Å². The van der Waals surface area contributed by atoms with Gasteiger partial charge in [0.1, 0.15) is 0 Å². The van der Waals surface area contributed by atoms with Crippen molar-refractivity contribution in [2.75, 3.05) is 0 Å². The van der Waals surface area contributed by atoms with E-state index in [2.05, 4.69) is 53.8 Å². The standard InChI is InChI=1S/C13H13OSi/c1-9-7-8-11-5-3-4-6-12(11)13(9)10(2)14-15/h3-8,10H,1-2H3. The predicted octanol–water partition coefficient (Wildman–Crippen LogP) is 3.31. The Balaban J connectivity index is 2.74. The van der Waals surface area contributed by atoms with Crippen LogP contribution in [0.15, 0.2) is 36.4 Å². The monoisotopic (exact) mass is 213 g/mol. The van der Waals surface area contributed by atoms with Crippen molar-refractivity contribution in [1.82, 2.24) is 0 Å². The van der Waals surface area contributed by atoms with Crippen LogP contribution in [0, 0.1) is 6.92 Å². The largest absolute Gasteiger partial charge is 0.412 e. The second-order valence-corrected chi connectivity index (χ2v) is 4.01. The maximum atomic E-state index is 5.23. The Morgan fingerprint density at radius 3 is 2.60 bits per heavy atom. The van der Waals surface area contributed by atoms with Gasteiger partial charge < -0.3 is 4.43 Å². The van der Waals surface area contributed by atoms with E-state index in [4.69, 9.17) is 4.43 Å². The molecule has 0 heterocycles. The first-order chi connectivity index (χ1) is 7.24. The second-order valence-electron chi connectivity index (χ2n) is 3.78. The highest BCUT2D eigenvalue weighted by atomic mass is 28.2. The molecule has 1 nitrogen and oxygen atoms in total. The highest BCUT2D eigenvalue weighted by Gasteiger charge is 2.10. The zero-order chi connectivity index (χ0) is 10.8. The summed E-state index contributed by atoms with van der Waals surface area (Å²) in [5, 5.41) is 2.52. The van der Waals surface area contributed by atoms with Crippen LogP contribution in [-0.2, 0) is 4.43 Å². The molecule has 0 spiro atoms. The van der Waals surface area contributed by atoms with Crippen molar-refractivity contribution >= 4 is 21.3 Å². The summed E-state index contributed by atoms with van der Waals surface area (Å²) in [4.78, 5) is 0. The number of hydrogen-bond acceptors (Lipinski definition) is 1. The predicted molar refractivity (Wildman–Crippen MR) is 63.9 cm³/mol. The van der Waals surface area contributed by atoms with Gasteiger partial charge in [-0.25, -0.2) is 0 Å². The second kappa shape index (κ2) is 4.17. The van der Waals surface area contributed by atoms with E-state index in [1.165, 1.54) is 21.9 Å². The molecule has 0 saturated heterocycles. The summed E-state index contributed by atoms with van der Waals surface area (Å²) in [5.74, 6) is 0. The molecule has 0 aliphatic carbocycles. The van der Waals surface area contributed by atoms with E-state index in [0.29, 0.717) is 0 Å². The normalized spacial score (nSPS) is 13.0.